The summed E-state index contributed by atoms with van der Waals surface area (Å²) >= 11 is 0. The number of carbonyl (C=O) groups is 1. The highest BCUT2D eigenvalue weighted by molar-refractivity contribution is 5.98. The molecule has 0 radical (unpaired) electrons. The summed E-state index contributed by atoms with van der Waals surface area (Å²) in [6.45, 7) is 4.20. The van der Waals surface area contributed by atoms with E-state index in [4.69, 9.17) is 10.5 Å². The van der Waals surface area contributed by atoms with Crippen LogP contribution in [0.25, 0.3) is 11.1 Å². The van der Waals surface area contributed by atoms with Gasteiger partial charge in [0.2, 0.25) is 0 Å². The van der Waals surface area contributed by atoms with Crippen molar-refractivity contribution in [3.63, 3.8) is 0 Å². The summed E-state index contributed by atoms with van der Waals surface area (Å²) in [5.41, 5.74) is 8.39. The number of nitrogens with zero attached hydrogens (tertiary/aromatic N) is 2. The Morgan fingerprint density at radius 2 is 2.25 bits per heavy atom. The summed E-state index contributed by atoms with van der Waals surface area (Å²) < 4.78 is 6.70. The number of benzene rings is 1. The number of aromatic nitrogens is 2. The number of methoxy groups -OCH3 is 1. The largest absolute Gasteiger partial charge is 0.465 e. The van der Waals surface area contributed by atoms with E-state index in [1.54, 1.807) is 18.3 Å². The van der Waals surface area contributed by atoms with E-state index in [2.05, 4.69) is 18.9 Å². The minimum Gasteiger partial charge on any atom is -0.465 e. The minimum atomic E-state index is -0.399. The smallest absolute Gasteiger partial charge is 0.338 e. The molecule has 1 heterocycles. The fraction of sp³-hybridized carbons (Fsp3) is 0.333. The van der Waals surface area contributed by atoms with Crippen LogP contribution in [0.3, 0.4) is 0 Å². The standard InChI is InChI=1S/C15H19N3O2/c1-4-10(2)18-9-11(8-17-18)13-6-5-12(16)7-14(13)15(19)20-3/h5-10H,4,16H2,1-3H3/t10-/m0/s1. The first-order chi connectivity index (χ1) is 9.56. The first-order valence-corrected chi connectivity index (χ1v) is 6.59. The van der Waals surface area contributed by atoms with Gasteiger partial charge in [0, 0.05) is 23.5 Å². The number of hydrogen-bond acceptors (Lipinski definition) is 4. The number of carbonyl (C=O) groups excluding carboxylic acids is 1. The molecule has 0 aliphatic rings. The van der Waals surface area contributed by atoms with E-state index in [-0.39, 0.29) is 0 Å². The molecule has 0 saturated carbocycles. The third-order valence-electron chi connectivity index (χ3n) is 3.40. The van der Waals surface area contributed by atoms with Crippen molar-refractivity contribution >= 4 is 11.7 Å². The second-order valence-electron chi connectivity index (χ2n) is 4.76. The zero-order valence-electron chi connectivity index (χ0n) is 12.0. The summed E-state index contributed by atoms with van der Waals surface area (Å²) in [5.74, 6) is -0.399. The monoisotopic (exact) mass is 273 g/mol. The van der Waals surface area contributed by atoms with Crippen molar-refractivity contribution in [3.8, 4) is 11.1 Å². The Morgan fingerprint density at radius 3 is 2.90 bits per heavy atom. The highest BCUT2D eigenvalue weighted by atomic mass is 16.5. The average Bonchev–Trinajstić information content (AvgIpc) is 2.95. The Labute approximate surface area is 118 Å². The molecule has 1 aromatic carbocycles. The van der Waals surface area contributed by atoms with E-state index in [1.165, 1.54) is 7.11 Å². The van der Waals surface area contributed by atoms with E-state index in [1.807, 2.05) is 16.9 Å². The number of hydrogen-bond donors (Lipinski definition) is 1. The molecule has 0 amide bonds. The predicted octanol–water partition coefficient (Wildman–Crippen LogP) is 2.89. The van der Waals surface area contributed by atoms with Crippen molar-refractivity contribution in [2.45, 2.75) is 26.3 Å². The van der Waals surface area contributed by atoms with E-state index < -0.39 is 5.97 Å². The lowest BCUT2D eigenvalue weighted by atomic mass is 10.0. The van der Waals surface area contributed by atoms with Gasteiger partial charge >= 0.3 is 5.97 Å². The molecular weight excluding hydrogens is 254 g/mol. The molecule has 0 aliphatic heterocycles. The van der Waals surface area contributed by atoms with Crippen molar-refractivity contribution in [1.29, 1.82) is 0 Å². The molecule has 0 bridgehead atoms. The summed E-state index contributed by atoms with van der Waals surface area (Å²) in [5, 5.41) is 4.35. The molecule has 20 heavy (non-hydrogen) atoms. The van der Waals surface area contributed by atoms with E-state index in [0.717, 1.165) is 17.5 Å². The van der Waals surface area contributed by atoms with E-state index in [9.17, 15) is 4.79 Å². The Morgan fingerprint density at radius 1 is 1.50 bits per heavy atom. The number of esters is 1. The first kappa shape index (κ1) is 14.1. The number of anilines is 1. The maximum Gasteiger partial charge on any atom is 0.338 e. The molecule has 5 heteroatoms. The topological polar surface area (TPSA) is 70.1 Å². The highest BCUT2D eigenvalue weighted by Gasteiger charge is 2.15. The van der Waals surface area contributed by atoms with Crippen LogP contribution >= 0.6 is 0 Å². The molecule has 0 spiro atoms. The van der Waals surface area contributed by atoms with Crippen molar-refractivity contribution in [2.24, 2.45) is 0 Å². The first-order valence-electron chi connectivity index (χ1n) is 6.59. The molecule has 0 unspecified atom stereocenters. The average molecular weight is 273 g/mol. The molecule has 2 N–H and O–H groups in total. The Hall–Kier alpha value is -2.30. The van der Waals surface area contributed by atoms with Gasteiger partial charge in [-0.3, -0.25) is 4.68 Å². The zero-order chi connectivity index (χ0) is 14.7. The van der Waals surface area contributed by atoms with Gasteiger partial charge < -0.3 is 10.5 Å². The van der Waals surface area contributed by atoms with E-state index in [0.29, 0.717) is 17.3 Å². The van der Waals surface area contributed by atoms with Gasteiger partial charge in [0.05, 0.1) is 18.9 Å². The molecule has 0 fully saturated rings. The number of rotatable bonds is 4. The van der Waals surface area contributed by atoms with Crippen molar-refractivity contribution < 1.29 is 9.53 Å². The lowest BCUT2D eigenvalue weighted by Gasteiger charge is -2.09. The maximum atomic E-state index is 11.9. The molecule has 1 aromatic heterocycles. The fourth-order valence-electron chi connectivity index (χ4n) is 2.00. The van der Waals surface area contributed by atoms with Gasteiger partial charge in [-0.15, -0.1) is 0 Å². The second-order valence-corrected chi connectivity index (χ2v) is 4.76. The third-order valence-corrected chi connectivity index (χ3v) is 3.40. The summed E-state index contributed by atoms with van der Waals surface area (Å²) in [6.07, 6.45) is 4.68. The van der Waals surface area contributed by atoms with Crippen LogP contribution in [-0.4, -0.2) is 22.9 Å². The van der Waals surface area contributed by atoms with Gasteiger partial charge in [-0.25, -0.2) is 4.79 Å². The maximum absolute atomic E-state index is 11.9. The summed E-state index contributed by atoms with van der Waals surface area (Å²) in [4.78, 5) is 11.9. The lowest BCUT2D eigenvalue weighted by Crippen LogP contribution is -2.05. The minimum absolute atomic E-state index is 0.319. The Balaban J connectivity index is 2.47. The zero-order valence-corrected chi connectivity index (χ0v) is 12.0. The van der Waals surface area contributed by atoms with Crippen LogP contribution in [0.5, 0.6) is 0 Å². The van der Waals surface area contributed by atoms with Crippen molar-refractivity contribution in [2.75, 3.05) is 12.8 Å². The predicted molar refractivity (Wildman–Crippen MR) is 78.4 cm³/mol. The SMILES string of the molecule is CC[C@H](C)n1cc(-c2ccc(N)cc2C(=O)OC)cn1. The van der Waals surface area contributed by atoms with E-state index >= 15 is 0 Å². The van der Waals surface area contributed by atoms with Gasteiger partial charge in [0.15, 0.2) is 0 Å². The van der Waals surface area contributed by atoms with Crippen LogP contribution in [0.4, 0.5) is 5.69 Å². The molecule has 2 rings (SSSR count). The number of ether oxygens (including phenoxy) is 1. The van der Waals surface area contributed by atoms with Gasteiger partial charge in [-0.05, 0) is 31.0 Å². The van der Waals surface area contributed by atoms with Gasteiger partial charge in [0.1, 0.15) is 0 Å². The van der Waals surface area contributed by atoms with Gasteiger partial charge in [0.25, 0.3) is 0 Å². The summed E-state index contributed by atoms with van der Waals surface area (Å²) in [7, 11) is 1.36. The summed E-state index contributed by atoms with van der Waals surface area (Å²) in [6, 6.07) is 5.53. The van der Waals surface area contributed by atoms with Crippen LogP contribution in [0, 0.1) is 0 Å². The quantitative estimate of drug-likeness (QED) is 0.687. The third kappa shape index (κ3) is 2.66. The van der Waals surface area contributed by atoms with Gasteiger partial charge in [-0.1, -0.05) is 13.0 Å². The number of nitrogens with two attached hydrogens (primary N) is 1. The number of nitrogen functional groups attached to an aromatic ring is 1. The fourth-order valence-corrected chi connectivity index (χ4v) is 2.00. The van der Waals surface area contributed by atoms with Crippen LogP contribution < -0.4 is 5.73 Å². The Bertz CT molecular complexity index is 619. The van der Waals surface area contributed by atoms with Crippen molar-refractivity contribution in [3.05, 3.63) is 36.2 Å². The second kappa shape index (κ2) is 5.77. The van der Waals surface area contributed by atoms with Crippen LogP contribution in [0.15, 0.2) is 30.6 Å². The Kier molecular flexibility index (Phi) is 4.08. The van der Waals surface area contributed by atoms with Crippen LogP contribution in [0.1, 0.15) is 36.7 Å². The van der Waals surface area contributed by atoms with Gasteiger partial charge in [-0.2, -0.15) is 5.10 Å². The molecular formula is C15H19N3O2. The molecule has 106 valence electrons. The molecule has 0 saturated heterocycles. The van der Waals surface area contributed by atoms with Crippen LogP contribution in [-0.2, 0) is 4.74 Å². The normalized spacial score (nSPS) is 12.2. The molecule has 1 atom stereocenters. The molecule has 0 aliphatic carbocycles. The molecule has 2 aromatic rings. The highest BCUT2D eigenvalue weighted by Crippen LogP contribution is 2.27. The lowest BCUT2D eigenvalue weighted by molar-refractivity contribution is 0.0601. The van der Waals surface area contributed by atoms with Crippen LogP contribution in [0.2, 0.25) is 0 Å². The van der Waals surface area contributed by atoms with Crippen molar-refractivity contribution in [1.82, 2.24) is 9.78 Å². The molecule has 5 nitrogen and oxygen atoms in total.